The number of nitrogens with zero attached hydrogens (tertiary/aromatic N) is 5. The number of aromatic nitrogens is 5. The molecule has 4 rings (SSSR count). The van der Waals surface area contributed by atoms with E-state index in [1.54, 1.807) is 10.7 Å². The molecule has 0 bridgehead atoms. The van der Waals surface area contributed by atoms with Crippen LogP contribution in [-0.4, -0.2) is 43.5 Å². The number of rotatable bonds is 3. The molecule has 0 unspecified atom stereocenters. The molecule has 1 aliphatic rings. The van der Waals surface area contributed by atoms with Gasteiger partial charge in [-0.15, -0.1) is 0 Å². The molecule has 8 nitrogen and oxygen atoms in total. The molecule has 0 atom stereocenters. The molecule has 0 aromatic carbocycles. The number of fused-ring (bicyclic) bond motifs is 1. The summed E-state index contributed by atoms with van der Waals surface area (Å²) in [7, 11) is 0. The van der Waals surface area contributed by atoms with Gasteiger partial charge in [-0.05, 0) is 32.8 Å². The van der Waals surface area contributed by atoms with Crippen molar-refractivity contribution in [2.24, 2.45) is 0 Å². The maximum absolute atomic E-state index is 12.7. The van der Waals surface area contributed by atoms with Crippen molar-refractivity contribution in [3.05, 3.63) is 41.6 Å². The highest BCUT2D eigenvalue weighted by atomic mass is 16.5. The normalized spacial score (nSPS) is 15.6. The first-order valence-corrected chi connectivity index (χ1v) is 8.37. The van der Waals surface area contributed by atoms with Crippen molar-refractivity contribution in [2.45, 2.75) is 32.7 Å². The molecule has 1 saturated heterocycles. The molecule has 4 heterocycles. The molecule has 0 aliphatic carbocycles. The Bertz CT molecular complexity index is 923. The van der Waals surface area contributed by atoms with Gasteiger partial charge in [0.2, 0.25) is 0 Å². The summed E-state index contributed by atoms with van der Waals surface area (Å²) >= 11 is 0. The summed E-state index contributed by atoms with van der Waals surface area (Å²) < 4.78 is 8.93. The summed E-state index contributed by atoms with van der Waals surface area (Å²) in [6.45, 7) is 5.28. The molecule has 1 amide bonds. The smallest absolute Gasteiger partial charge is 0.261 e. The van der Waals surface area contributed by atoms with Crippen LogP contribution in [0.2, 0.25) is 0 Å². The first-order chi connectivity index (χ1) is 12.1. The topological polar surface area (TPSA) is 86.3 Å². The first kappa shape index (κ1) is 15.8. The Morgan fingerprint density at radius 1 is 1.32 bits per heavy atom. The van der Waals surface area contributed by atoms with E-state index in [2.05, 4.69) is 20.5 Å². The SMILES string of the molecule is Cc1ccn2ncc(C(=O)Nc3cn(C4CCOCC4)nc3C)c2n1. The Kier molecular flexibility index (Phi) is 3.96. The van der Waals surface area contributed by atoms with Gasteiger partial charge in [-0.3, -0.25) is 9.48 Å². The standard InChI is InChI=1S/C17H20N6O2/c1-11-3-6-22-16(19-11)14(9-18-22)17(24)20-15-10-23(21-12(15)2)13-4-7-25-8-5-13/h3,6,9-10,13H,4-5,7-8H2,1-2H3,(H,20,24). The Balaban J connectivity index is 1.58. The van der Waals surface area contributed by atoms with Gasteiger partial charge in [-0.1, -0.05) is 0 Å². The van der Waals surface area contributed by atoms with Crippen molar-refractivity contribution in [3.8, 4) is 0 Å². The Hall–Kier alpha value is -2.74. The summed E-state index contributed by atoms with van der Waals surface area (Å²) in [6.07, 6.45) is 7.10. The highest BCUT2D eigenvalue weighted by Gasteiger charge is 2.20. The molecule has 0 saturated carbocycles. The van der Waals surface area contributed by atoms with Gasteiger partial charge in [0.05, 0.1) is 23.6 Å². The van der Waals surface area contributed by atoms with E-state index in [4.69, 9.17) is 4.74 Å². The predicted octanol–water partition coefficient (Wildman–Crippen LogP) is 2.15. The minimum absolute atomic E-state index is 0.234. The van der Waals surface area contributed by atoms with E-state index < -0.39 is 0 Å². The molecular formula is C17H20N6O2. The zero-order chi connectivity index (χ0) is 17.4. The Morgan fingerprint density at radius 3 is 2.92 bits per heavy atom. The molecule has 0 radical (unpaired) electrons. The van der Waals surface area contributed by atoms with Crippen LogP contribution in [0.1, 0.15) is 40.6 Å². The van der Waals surface area contributed by atoms with E-state index in [9.17, 15) is 4.79 Å². The lowest BCUT2D eigenvalue weighted by atomic mass is 10.1. The molecule has 0 spiro atoms. The maximum atomic E-state index is 12.7. The predicted molar refractivity (Wildman–Crippen MR) is 91.7 cm³/mol. The number of nitrogens with one attached hydrogen (secondary N) is 1. The van der Waals surface area contributed by atoms with Crippen molar-refractivity contribution in [3.63, 3.8) is 0 Å². The van der Waals surface area contributed by atoms with Crippen LogP contribution in [0.25, 0.3) is 5.65 Å². The average molecular weight is 340 g/mol. The van der Waals surface area contributed by atoms with Gasteiger partial charge in [-0.25, -0.2) is 9.50 Å². The van der Waals surface area contributed by atoms with E-state index in [0.717, 1.165) is 37.4 Å². The molecule has 25 heavy (non-hydrogen) atoms. The van der Waals surface area contributed by atoms with Gasteiger partial charge < -0.3 is 10.1 Å². The largest absolute Gasteiger partial charge is 0.381 e. The Labute approximate surface area is 144 Å². The summed E-state index contributed by atoms with van der Waals surface area (Å²) in [5.41, 5.74) is 3.34. The zero-order valence-corrected chi connectivity index (χ0v) is 14.3. The minimum atomic E-state index is -0.234. The third-order valence-electron chi connectivity index (χ3n) is 4.48. The van der Waals surface area contributed by atoms with Gasteiger partial charge >= 0.3 is 0 Å². The monoisotopic (exact) mass is 340 g/mol. The summed E-state index contributed by atoms with van der Waals surface area (Å²) in [5.74, 6) is -0.234. The van der Waals surface area contributed by atoms with Crippen LogP contribution in [0.15, 0.2) is 24.7 Å². The molecule has 8 heteroatoms. The van der Waals surface area contributed by atoms with Crippen LogP contribution in [0.4, 0.5) is 5.69 Å². The van der Waals surface area contributed by atoms with Crippen molar-refractivity contribution >= 4 is 17.2 Å². The number of ether oxygens (including phenoxy) is 1. The van der Waals surface area contributed by atoms with Crippen LogP contribution in [0.5, 0.6) is 0 Å². The summed E-state index contributed by atoms with van der Waals surface area (Å²) in [4.78, 5) is 17.1. The number of anilines is 1. The fourth-order valence-corrected chi connectivity index (χ4v) is 3.05. The van der Waals surface area contributed by atoms with E-state index in [1.165, 1.54) is 6.20 Å². The zero-order valence-electron chi connectivity index (χ0n) is 14.3. The number of carbonyl (C=O) groups excluding carboxylic acids is 1. The third-order valence-corrected chi connectivity index (χ3v) is 4.48. The fraction of sp³-hybridized carbons (Fsp3) is 0.412. The van der Waals surface area contributed by atoms with Gasteiger partial charge in [0.25, 0.3) is 5.91 Å². The van der Waals surface area contributed by atoms with Crippen molar-refractivity contribution in [1.29, 1.82) is 0 Å². The highest BCUT2D eigenvalue weighted by Crippen LogP contribution is 2.24. The van der Waals surface area contributed by atoms with Crippen molar-refractivity contribution in [1.82, 2.24) is 24.4 Å². The molecule has 3 aromatic rings. The highest BCUT2D eigenvalue weighted by molar-refractivity contribution is 6.08. The quantitative estimate of drug-likeness (QED) is 0.789. The van der Waals surface area contributed by atoms with Crippen LogP contribution < -0.4 is 5.32 Å². The van der Waals surface area contributed by atoms with Gasteiger partial charge in [0.15, 0.2) is 5.65 Å². The average Bonchev–Trinajstić information content (AvgIpc) is 3.19. The molecule has 3 aromatic heterocycles. The maximum Gasteiger partial charge on any atom is 0.261 e. The van der Waals surface area contributed by atoms with Crippen LogP contribution in [-0.2, 0) is 4.74 Å². The van der Waals surface area contributed by atoms with Crippen molar-refractivity contribution in [2.75, 3.05) is 18.5 Å². The fourth-order valence-electron chi connectivity index (χ4n) is 3.05. The van der Waals surface area contributed by atoms with Gasteiger partial charge in [0, 0.05) is 31.3 Å². The molecule has 1 N–H and O–H groups in total. The third kappa shape index (κ3) is 3.00. The summed E-state index contributed by atoms with van der Waals surface area (Å²) in [6, 6.07) is 2.17. The van der Waals surface area contributed by atoms with E-state index >= 15 is 0 Å². The lowest BCUT2D eigenvalue weighted by Crippen LogP contribution is -2.20. The number of carbonyl (C=O) groups is 1. The lowest BCUT2D eigenvalue weighted by molar-refractivity contribution is 0.0662. The van der Waals surface area contributed by atoms with E-state index in [0.29, 0.717) is 22.9 Å². The van der Waals surface area contributed by atoms with E-state index in [-0.39, 0.29) is 5.91 Å². The number of hydrogen-bond acceptors (Lipinski definition) is 5. The van der Waals surface area contributed by atoms with Crippen LogP contribution in [0, 0.1) is 13.8 Å². The second-order valence-corrected chi connectivity index (χ2v) is 6.30. The molecule has 130 valence electrons. The minimum Gasteiger partial charge on any atom is -0.381 e. The molecule has 1 aliphatic heterocycles. The Morgan fingerprint density at radius 2 is 2.12 bits per heavy atom. The second-order valence-electron chi connectivity index (χ2n) is 6.30. The second kappa shape index (κ2) is 6.29. The van der Waals surface area contributed by atoms with Crippen molar-refractivity contribution < 1.29 is 9.53 Å². The van der Waals surface area contributed by atoms with E-state index in [1.807, 2.05) is 30.8 Å². The van der Waals surface area contributed by atoms with Gasteiger partial charge in [0.1, 0.15) is 5.56 Å². The summed E-state index contributed by atoms with van der Waals surface area (Å²) in [5, 5.41) is 11.7. The van der Waals surface area contributed by atoms with Crippen LogP contribution >= 0.6 is 0 Å². The number of amides is 1. The molecule has 1 fully saturated rings. The first-order valence-electron chi connectivity index (χ1n) is 8.37. The molecular weight excluding hydrogens is 320 g/mol. The number of hydrogen-bond donors (Lipinski definition) is 1. The lowest BCUT2D eigenvalue weighted by Gasteiger charge is -2.22. The van der Waals surface area contributed by atoms with Gasteiger partial charge in [-0.2, -0.15) is 10.2 Å². The van der Waals surface area contributed by atoms with Crippen LogP contribution in [0.3, 0.4) is 0 Å². The number of aryl methyl sites for hydroxylation is 2.